The molecule has 0 aromatic rings. The van der Waals surface area contributed by atoms with Crippen molar-refractivity contribution in [2.45, 2.75) is 12.8 Å². The van der Waals surface area contributed by atoms with Crippen molar-refractivity contribution < 1.29 is 40.6 Å². The first-order valence-electron chi connectivity index (χ1n) is 3.90. The first-order chi connectivity index (χ1) is 7.84. The zero-order valence-electron chi connectivity index (χ0n) is 9.04. The van der Waals surface area contributed by atoms with E-state index in [-0.39, 0.29) is 23.0 Å². The Morgan fingerprint density at radius 1 is 1.24 bits per heavy atom. The van der Waals surface area contributed by atoms with Gasteiger partial charge >= 0.3 is 39.9 Å². The van der Waals surface area contributed by atoms with Crippen LogP contribution >= 0.6 is 0 Å². The fourth-order valence-corrected chi connectivity index (χ4v) is 0.904. The van der Waals surface area contributed by atoms with Crippen molar-refractivity contribution in [3.63, 3.8) is 0 Å². The topological polar surface area (TPSA) is 86.0 Å². The van der Waals surface area contributed by atoms with Gasteiger partial charge in [0.05, 0.1) is 7.11 Å². The molecule has 0 unspecified atom stereocenters. The predicted molar refractivity (Wildman–Crippen MR) is 50.3 cm³/mol. The van der Waals surface area contributed by atoms with Gasteiger partial charge < -0.3 is 4.74 Å². The van der Waals surface area contributed by atoms with E-state index in [0.717, 1.165) is 18.4 Å². The molecule has 0 spiro atoms. The number of methoxy groups -OCH3 is 1. The fraction of sp³-hybridized carbons (Fsp3) is 0.273. The Bertz CT molecular complexity index is 284. The number of hydrogen-bond acceptors (Lipinski definition) is 2. The maximum absolute atomic E-state index is 10.8. The van der Waals surface area contributed by atoms with Crippen LogP contribution < -0.4 is 0 Å². The molecule has 1 aliphatic rings. The summed E-state index contributed by atoms with van der Waals surface area (Å²) < 4.78 is 27.0. The summed E-state index contributed by atoms with van der Waals surface area (Å²) in [6.45, 7) is 13.5. The van der Waals surface area contributed by atoms with Gasteiger partial charge in [0, 0.05) is 22.6 Å². The van der Waals surface area contributed by atoms with Crippen LogP contribution in [0, 0.1) is 20.0 Å². The van der Waals surface area contributed by atoms with Crippen molar-refractivity contribution in [2.75, 3.05) is 7.11 Å². The zero-order valence-corrected chi connectivity index (χ0v) is 10.1. The fourth-order valence-electron chi connectivity index (χ4n) is 0.904. The van der Waals surface area contributed by atoms with Crippen molar-refractivity contribution in [3.8, 4) is 0 Å². The first kappa shape index (κ1) is 24.8. The molecule has 17 heavy (non-hydrogen) atoms. The van der Waals surface area contributed by atoms with E-state index < -0.39 is 0 Å². The van der Waals surface area contributed by atoms with Crippen LogP contribution in [-0.2, 0) is 40.6 Å². The normalized spacial score (nSPS) is 9.94. The summed E-state index contributed by atoms with van der Waals surface area (Å²) in [4.78, 5) is 10.8. The molecular weight excluding hydrogens is 268 g/mol. The van der Waals surface area contributed by atoms with E-state index in [1.54, 1.807) is 6.08 Å². The van der Waals surface area contributed by atoms with Crippen LogP contribution in [0.5, 0.6) is 0 Å². The Kier molecular flexibility index (Phi) is 35.1. The second kappa shape index (κ2) is 24.1. The van der Waals surface area contributed by atoms with E-state index in [2.05, 4.69) is 24.7 Å². The summed E-state index contributed by atoms with van der Waals surface area (Å²) in [5, 5.41) is 0. The van der Waals surface area contributed by atoms with Gasteiger partial charge in [-0.1, -0.05) is 18.2 Å². The van der Waals surface area contributed by atoms with Gasteiger partial charge in [-0.15, -0.1) is 0 Å². The zero-order chi connectivity index (χ0) is 13.4. The van der Waals surface area contributed by atoms with Crippen molar-refractivity contribution >= 4 is 5.97 Å². The molecule has 0 aromatic heterocycles. The molecule has 0 heterocycles. The summed E-state index contributed by atoms with van der Waals surface area (Å²) in [6.07, 6.45) is 7.47. The number of rotatable bonds is 1. The van der Waals surface area contributed by atoms with Crippen LogP contribution in [0.15, 0.2) is 23.8 Å². The minimum atomic E-state index is -0.204. The van der Waals surface area contributed by atoms with Gasteiger partial charge in [0.15, 0.2) is 0 Å². The molecule has 0 N–H and O–H groups in total. The van der Waals surface area contributed by atoms with Crippen molar-refractivity contribution in [2.24, 2.45) is 0 Å². The number of ether oxygens (including phenoxy) is 1. The maximum atomic E-state index is 10.8. The van der Waals surface area contributed by atoms with E-state index in [0.29, 0.717) is 0 Å². The van der Waals surface area contributed by atoms with E-state index in [9.17, 15) is 4.79 Å². The van der Waals surface area contributed by atoms with Crippen molar-refractivity contribution in [3.05, 3.63) is 43.8 Å². The Morgan fingerprint density at radius 2 is 1.71 bits per heavy atom. The Balaban J connectivity index is -0.000000106. The summed E-state index contributed by atoms with van der Waals surface area (Å²) in [6, 6.07) is 0. The number of carbonyl (C=O) groups is 1. The molecule has 0 fully saturated rings. The maximum Gasteiger partial charge on any atom is 0 e. The average molecular weight is 278 g/mol. The van der Waals surface area contributed by atoms with Crippen LogP contribution in [0.2, 0.25) is 0 Å². The summed E-state index contributed by atoms with van der Waals surface area (Å²) in [5.41, 5.74) is 0.769. The van der Waals surface area contributed by atoms with E-state index >= 15 is 0 Å². The predicted octanol–water partition coefficient (Wildman–Crippen LogP) is 1.32. The molecule has 0 amide bonds. The molecule has 1 rings (SSSR count). The molecule has 0 aromatic carbocycles. The second-order valence-electron chi connectivity index (χ2n) is 2.15. The molecule has 5 nitrogen and oxygen atoms in total. The Morgan fingerprint density at radius 3 is 2.00 bits per heavy atom. The minimum absolute atomic E-state index is 0. The quantitative estimate of drug-likeness (QED) is 0.313. The smallest absolute Gasteiger partial charge is 0 e. The van der Waals surface area contributed by atoms with E-state index in [4.69, 9.17) is 14.0 Å². The van der Waals surface area contributed by atoms with Gasteiger partial charge in [-0.2, -0.15) is 0 Å². The van der Waals surface area contributed by atoms with Gasteiger partial charge in [-0.3, -0.25) is 0 Å². The number of carbonyl (C=O) groups excluding carboxylic acids is 1. The molecule has 0 bridgehead atoms. The molecule has 0 saturated carbocycles. The molecule has 0 aliphatic heterocycles. The SMILES string of the molecule is COC(=O)C1=CC=CCC1.[C-]#[O+].[C-]#[O+].[C-]#[O+].[Fe]. The van der Waals surface area contributed by atoms with Crippen LogP contribution in [-0.4, -0.2) is 13.1 Å². The van der Waals surface area contributed by atoms with Gasteiger partial charge in [0.2, 0.25) is 0 Å². The molecule has 0 saturated heterocycles. The summed E-state index contributed by atoms with van der Waals surface area (Å²) in [7, 11) is 1.40. The molecular formula is C11H10FeO5. The van der Waals surface area contributed by atoms with Gasteiger partial charge in [0.25, 0.3) is 0 Å². The van der Waals surface area contributed by atoms with Crippen LogP contribution in [0.3, 0.4) is 0 Å². The van der Waals surface area contributed by atoms with Gasteiger partial charge in [-0.05, 0) is 12.8 Å². The summed E-state index contributed by atoms with van der Waals surface area (Å²) in [5.74, 6) is -0.204. The van der Waals surface area contributed by atoms with Gasteiger partial charge in [0.1, 0.15) is 0 Å². The van der Waals surface area contributed by atoms with Crippen LogP contribution in [0.25, 0.3) is 0 Å². The first-order valence-corrected chi connectivity index (χ1v) is 3.90. The average Bonchev–Trinajstić information content (AvgIpc) is 2.45. The third-order valence-corrected chi connectivity index (χ3v) is 1.46. The molecule has 6 heteroatoms. The monoisotopic (exact) mass is 278 g/mol. The largest absolute Gasteiger partial charge is 0 e. The second-order valence-corrected chi connectivity index (χ2v) is 2.15. The van der Waals surface area contributed by atoms with E-state index in [1.807, 2.05) is 12.2 Å². The number of allylic oxidation sites excluding steroid dienone is 3. The third kappa shape index (κ3) is 14.7. The number of hydrogen-bond donors (Lipinski definition) is 0. The van der Waals surface area contributed by atoms with Crippen LogP contribution in [0.4, 0.5) is 0 Å². The molecule has 0 radical (unpaired) electrons. The standard InChI is InChI=1S/C8H10O2.3CO.Fe/c1-10-8(9)7-5-3-2-4-6-7;3*1-2;/h2-3,5H,4,6H2,1H3;;;;. The van der Waals surface area contributed by atoms with E-state index in [1.165, 1.54) is 7.11 Å². The molecule has 1 aliphatic carbocycles. The minimum Gasteiger partial charge on any atom is 0 e. The van der Waals surface area contributed by atoms with Gasteiger partial charge in [-0.25, -0.2) is 4.79 Å². The number of esters is 1. The molecule has 92 valence electrons. The Hall–Kier alpha value is -1.31. The molecule has 0 atom stereocenters. The van der Waals surface area contributed by atoms with Crippen LogP contribution in [0.1, 0.15) is 12.8 Å². The third-order valence-electron chi connectivity index (χ3n) is 1.46. The summed E-state index contributed by atoms with van der Waals surface area (Å²) >= 11 is 0. The van der Waals surface area contributed by atoms with Crippen molar-refractivity contribution in [1.29, 1.82) is 0 Å². The van der Waals surface area contributed by atoms with Crippen molar-refractivity contribution in [1.82, 2.24) is 0 Å². The Labute approximate surface area is 111 Å².